The number of fused-ring (bicyclic) bond motifs is 1. The Kier molecular flexibility index (Phi) is 3.60. The number of Topliss-reactive ketones (excluding diaryl/α,β-unsaturated/α-hetero) is 1. The van der Waals surface area contributed by atoms with Crippen molar-refractivity contribution in [3.63, 3.8) is 0 Å². The highest BCUT2D eigenvalue weighted by molar-refractivity contribution is 6.28. The molecule has 1 heterocycles. The second-order valence-corrected chi connectivity index (χ2v) is 5.16. The summed E-state index contributed by atoms with van der Waals surface area (Å²) in [6.07, 6.45) is 0. The summed E-state index contributed by atoms with van der Waals surface area (Å²) in [7, 11) is 0. The van der Waals surface area contributed by atoms with Gasteiger partial charge in [-0.2, -0.15) is 0 Å². The molecule has 0 saturated heterocycles. The number of carbonyl (C=O) groups excluding carboxylic acids is 2. The third-order valence-electron chi connectivity index (χ3n) is 4.03. The molecule has 6 heteroatoms. The number of benzene rings is 2. The van der Waals surface area contributed by atoms with Gasteiger partial charge in [-0.1, -0.05) is 47.6 Å². The van der Waals surface area contributed by atoms with E-state index in [0.29, 0.717) is 23.4 Å². The lowest BCUT2D eigenvalue weighted by Gasteiger charge is -2.38. The van der Waals surface area contributed by atoms with Crippen molar-refractivity contribution in [3.05, 3.63) is 76.2 Å². The van der Waals surface area contributed by atoms with E-state index in [1.165, 1.54) is 4.90 Å². The summed E-state index contributed by atoms with van der Waals surface area (Å²) in [5, 5.41) is 3.68. The van der Waals surface area contributed by atoms with Crippen LogP contribution in [0.1, 0.15) is 22.8 Å². The van der Waals surface area contributed by atoms with Gasteiger partial charge in [-0.05, 0) is 30.2 Å². The monoisotopic (exact) mass is 306 g/mol. The number of anilines is 1. The normalized spacial score (nSPS) is 20.0. The van der Waals surface area contributed by atoms with Crippen molar-refractivity contribution in [2.24, 2.45) is 5.11 Å². The summed E-state index contributed by atoms with van der Waals surface area (Å²) in [5.41, 5.74) is 8.44. The zero-order chi connectivity index (χ0) is 16.4. The van der Waals surface area contributed by atoms with Gasteiger partial charge in [0.15, 0.2) is 5.78 Å². The van der Waals surface area contributed by atoms with Crippen molar-refractivity contribution in [1.82, 2.24) is 0 Å². The molecule has 2 aromatic rings. The van der Waals surface area contributed by atoms with E-state index in [-0.39, 0.29) is 0 Å². The second kappa shape index (κ2) is 5.59. The highest BCUT2D eigenvalue weighted by Gasteiger charge is 2.53. The van der Waals surface area contributed by atoms with Gasteiger partial charge in [0.05, 0.1) is 5.69 Å². The number of hydrogen-bond donors (Lipinski definition) is 0. The number of carbonyl (C=O) groups is 2. The fourth-order valence-electron chi connectivity index (χ4n) is 2.96. The summed E-state index contributed by atoms with van der Waals surface area (Å²) >= 11 is 0. The molecule has 2 aromatic carbocycles. The molecule has 0 radical (unpaired) electrons. The highest BCUT2D eigenvalue weighted by atomic mass is 16.2. The van der Waals surface area contributed by atoms with Gasteiger partial charge in [0.25, 0.3) is 5.91 Å². The number of amides is 1. The van der Waals surface area contributed by atoms with Gasteiger partial charge < -0.3 is 4.90 Å². The highest BCUT2D eigenvalue weighted by Crippen LogP contribution is 2.41. The molecule has 3 rings (SSSR count). The SMILES string of the molecule is CCN1C(=O)[C@](N=[N+]=[N-])(c2ccccc2)C(=O)c2ccccc21. The minimum atomic E-state index is -1.89. The van der Waals surface area contributed by atoms with Crippen LogP contribution in [0, 0.1) is 0 Å². The van der Waals surface area contributed by atoms with Crippen molar-refractivity contribution in [2.45, 2.75) is 12.5 Å². The van der Waals surface area contributed by atoms with E-state index in [4.69, 9.17) is 5.53 Å². The standard InChI is InChI=1S/C17H14N4O2/c1-2-21-14-11-7-6-10-13(14)15(22)17(16(21)23,19-20-18)12-8-4-3-5-9-12/h3-11H,2H2,1H3/t17-/m0/s1. The maximum absolute atomic E-state index is 13.1. The Hall–Kier alpha value is -3.11. The number of hydrogen-bond acceptors (Lipinski definition) is 3. The summed E-state index contributed by atoms with van der Waals surface area (Å²) in [6, 6.07) is 15.3. The first-order valence-corrected chi connectivity index (χ1v) is 7.24. The molecule has 0 aromatic heterocycles. The molecule has 114 valence electrons. The van der Waals surface area contributed by atoms with Crippen LogP contribution in [0.5, 0.6) is 0 Å². The fourth-order valence-corrected chi connectivity index (χ4v) is 2.96. The van der Waals surface area contributed by atoms with E-state index < -0.39 is 17.2 Å². The maximum atomic E-state index is 13.1. The van der Waals surface area contributed by atoms with E-state index in [9.17, 15) is 9.59 Å². The number of azide groups is 1. The van der Waals surface area contributed by atoms with Crippen LogP contribution in [0.3, 0.4) is 0 Å². The van der Waals surface area contributed by atoms with Gasteiger partial charge in [0.2, 0.25) is 5.54 Å². The molecule has 0 fully saturated rings. The first-order valence-electron chi connectivity index (χ1n) is 7.24. The molecule has 0 N–H and O–H groups in total. The third-order valence-corrected chi connectivity index (χ3v) is 4.03. The third kappa shape index (κ3) is 2.00. The summed E-state index contributed by atoms with van der Waals surface area (Å²) in [4.78, 5) is 30.5. The number of rotatable bonds is 3. The molecule has 0 bridgehead atoms. The Labute approximate surface area is 133 Å². The Morgan fingerprint density at radius 3 is 2.39 bits per heavy atom. The predicted octanol–water partition coefficient (Wildman–Crippen LogP) is 3.44. The Morgan fingerprint density at radius 2 is 1.74 bits per heavy atom. The molecular weight excluding hydrogens is 292 g/mol. The van der Waals surface area contributed by atoms with Crippen LogP contribution in [0.4, 0.5) is 5.69 Å². The zero-order valence-electron chi connectivity index (χ0n) is 12.5. The Balaban J connectivity index is 2.35. The largest absolute Gasteiger partial charge is 0.311 e. The zero-order valence-corrected chi connectivity index (χ0v) is 12.5. The average Bonchev–Trinajstić information content (AvgIpc) is 2.60. The molecule has 1 atom stereocenters. The van der Waals surface area contributed by atoms with Crippen molar-refractivity contribution >= 4 is 17.4 Å². The smallest absolute Gasteiger partial charge is 0.251 e. The van der Waals surface area contributed by atoms with Crippen molar-refractivity contribution in [2.75, 3.05) is 11.4 Å². The van der Waals surface area contributed by atoms with Crippen LogP contribution in [0.15, 0.2) is 59.7 Å². The van der Waals surface area contributed by atoms with Crippen LogP contribution in [-0.4, -0.2) is 18.2 Å². The van der Waals surface area contributed by atoms with Gasteiger partial charge in [-0.3, -0.25) is 9.59 Å². The Morgan fingerprint density at radius 1 is 1.09 bits per heavy atom. The lowest BCUT2D eigenvalue weighted by molar-refractivity contribution is -0.122. The molecule has 0 unspecified atom stereocenters. The molecule has 1 amide bonds. The van der Waals surface area contributed by atoms with Crippen LogP contribution in [0.2, 0.25) is 0 Å². The summed E-state index contributed by atoms with van der Waals surface area (Å²) in [6.45, 7) is 2.19. The molecule has 0 aliphatic carbocycles. The van der Waals surface area contributed by atoms with Gasteiger partial charge in [0, 0.05) is 17.0 Å². The van der Waals surface area contributed by atoms with Gasteiger partial charge >= 0.3 is 0 Å². The summed E-state index contributed by atoms with van der Waals surface area (Å²) in [5.74, 6) is -1.01. The number of ketones is 1. The number of para-hydroxylation sites is 1. The van der Waals surface area contributed by atoms with Crippen molar-refractivity contribution in [1.29, 1.82) is 0 Å². The molecule has 23 heavy (non-hydrogen) atoms. The van der Waals surface area contributed by atoms with E-state index in [0.717, 1.165) is 0 Å². The molecule has 1 aliphatic rings. The number of likely N-dealkylation sites (N-methyl/N-ethyl adjacent to an activating group) is 1. The Bertz CT molecular complexity index is 827. The summed E-state index contributed by atoms with van der Waals surface area (Å²) < 4.78 is 0. The first-order chi connectivity index (χ1) is 11.2. The van der Waals surface area contributed by atoms with Crippen molar-refractivity contribution in [3.8, 4) is 0 Å². The van der Waals surface area contributed by atoms with Crippen LogP contribution in [0.25, 0.3) is 10.4 Å². The van der Waals surface area contributed by atoms with Crippen LogP contribution >= 0.6 is 0 Å². The second-order valence-electron chi connectivity index (χ2n) is 5.16. The average molecular weight is 306 g/mol. The minimum absolute atomic E-state index is 0.374. The first kappa shape index (κ1) is 14.8. The lowest BCUT2D eigenvalue weighted by Crippen LogP contribution is -2.54. The quantitative estimate of drug-likeness (QED) is 0.376. The van der Waals surface area contributed by atoms with Gasteiger partial charge in [-0.15, -0.1) is 0 Å². The van der Waals surface area contributed by atoms with Gasteiger partial charge in [0.1, 0.15) is 0 Å². The van der Waals surface area contributed by atoms with Crippen LogP contribution < -0.4 is 4.90 Å². The number of nitrogens with zero attached hydrogens (tertiary/aromatic N) is 4. The lowest BCUT2D eigenvalue weighted by atomic mass is 9.78. The van der Waals surface area contributed by atoms with E-state index >= 15 is 0 Å². The molecule has 0 spiro atoms. The van der Waals surface area contributed by atoms with E-state index in [2.05, 4.69) is 10.0 Å². The molecule has 0 saturated carbocycles. The maximum Gasteiger partial charge on any atom is 0.251 e. The fraction of sp³-hybridized carbons (Fsp3) is 0.176. The van der Waals surface area contributed by atoms with E-state index in [1.54, 1.807) is 54.6 Å². The molecule has 1 aliphatic heterocycles. The van der Waals surface area contributed by atoms with Crippen LogP contribution in [-0.2, 0) is 10.3 Å². The molecule has 6 nitrogen and oxygen atoms in total. The van der Waals surface area contributed by atoms with Crippen molar-refractivity contribution < 1.29 is 9.59 Å². The van der Waals surface area contributed by atoms with E-state index in [1.807, 2.05) is 6.92 Å². The topological polar surface area (TPSA) is 86.1 Å². The molecular formula is C17H14N4O2. The van der Waals surface area contributed by atoms with Gasteiger partial charge in [-0.25, -0.2) is 0 Å². The predicted molar refractivity (Wildman–Crippen MR) is 86.1 cm³/mol. The minimum Gasteiger partial charge on any atom is -0.311 e.